The molecule has 0 spiro atoms. The largest absolute Gasteiger partial charge is 0.376 e. The Balaban J connectivity index is 1.86. The highest BCUT2D eigenvalue weighted by atomic mass is 16.5. The zero-order valence-corrected chi connectivity index (χ0v) is 13.6. The molecule has 2 rings (SSSR count). The van der Waals surface area contributed by atoms with E-state index in [1.54, 1.807) is 24.3 Å². The lowest BCUT2D eigenvalue weighted by Crippen LogP contribution is -2.31. The Morgan fingerprint density at radius 1 is 1.35 bits per heavy atom. The number of anilines is 1. The van der Waals surface area contributed by atoms with Gasteiger partial charge in [-0.2, -0.15) is 0 Å². The molecule has 0 aliphatic carbocycles. The van der Waals surface area contributed by atoms with E-state index in [4.69, 9.17) is 9.47 Å². The fraction of sp³-hybridized carbons (Fsp3) is 0.529. The molecule has 1 fully saturated rings. The molecule has 0 radical (unpaired) electrons. The van der Waals surface area contributed by atoms with Gasteiger partial charge in [0, 0.05) is 12.6 Å². The minimum Gasteiger partial charge on any atom is -0.376 e. The van der Waals surface area contributed by atoms with Crippen molar-refractivity contribution in [2.24, 2.45) is 0 Å². The van der Waals surface area contributed by atoms with Gasteiger partial charge >= 0.3 is 0 Å². The highest BCUT2D eigenvalue weighted by Gasteiger charge is 2.17. The van der Waals surface area contributed by atoms with Gasteiger partial charge in [-0.3, -0.25) is 9.59 Å². The van der Waals surface area contributed by atoms with Gasteiger partial charge in [0.25, 0.3) is 5.91 Å². The Hall–Kier alpha value is -1.92. The topological polar surface area (TPSA) is 76.7 Å². The predicted molar refractivity (Wildman–Crippen MR) is 87.5 cm³/mol. The molecule has 1 aliphatic heterocycles. The van der Waals surface area contributed by atoms with E-state index in [-0.39, 0.29) is 30.6 Å². The predicted octanol–water partition coefficient (Wildman–Crippen LogP) is 1.96. The maximum Gasteiger partial charge on any atom is 0.253 e. The number of benzene rings is 1. The first-order valence-corrected chi connectivity index (χ1v) is 7.95. The van der Waals surface area contributed by atoms with E-state index in [2.05, 4.69) is 10.6 Å². The van der Waals surface area contributed by atoms with Crippen molar-refractivity contribution >= 4 is 17.5 Å². The molecule has 2 amide bonds. The van der Waals surface area contributed by atoms with Crippen LogP contribution in [0.2, 0.25) is 0 Å². The highest BCUT2D eigenvalue weighted by molar-refractivity contribution is 6.04. The van der Waals surface area contributed by atoms with Gasteiger partial charge in [0.1, 0.15) is 6.61 Å². The first-order chi connectivity index (χ1) is 11.1. The first kappa shape index (κ1) is 17.4. The van der Waals surface area contributed by atoms with Gasteiger partial charge in [-0.15, -0.1) is 0 Å². The molecule has 1 aromatic rings. The number of rotatable bonds is 7. The molecule has 0 aromatic heterocycles. The Morgan fingerprint density at radius 2 is 2.13 bits per heavy atom. The Labute approximate surface area is 136 Å². The van der Waals surface area contributed by atoms with Crippen LogP contribution in [0.25, 0.3) is 0 Å². The van der Waals surface area contributed by atoms with E-state index >= 15 is 0 Å². The summed E-state index contributed by atoms with van der Waals surface area (Å²) in [5.41, 5.74) is 0.921. The second kappa shape index (κ2) is 8.64. The maximum atomic E-state index is 12.1. The summed E-state index contributed by atoms with van der Waals surface area (Å²) < 4.78 is 10.8. The molecule has 6 heteroatoms. The summed E-state index contributed by atoms with van der Waals surface area (Å²) in [5, 5.41) is 5.54. The van der Waals surface area contributed by atoms with Crippen LogP contribution in [-0.4, -0.2) is 43.8 Å². The van der Waals surface area contributed by atoms with Crippen molar-refractivity contribution in [3.8, 4) is 0 Å². The second-order valence-corrected chi connectivity index (χ2v) is 5.87. The minimum absolute atomic E-state index is 0.0287. The molecule has 1 aliphatic rings. The fourth-order valence-corrected chi connectivity index (χ4v) is 2.38. The summed E-state index contributed by atoms with van der Waals surface area (Å²) in [7, 11) is 0. The number of carbonyl (C=O) groups is 2. The number of nitrogens with one attached hydrogen (secondary N) is 2. The lowest BCUT2D eigenvalue weighted by molar-refractivity contribution is -0.121. The molecule has 1 saturated heterocycles. The first-order valence-electron chi connectivity index (χ1n) is 7.95. The van der Waals surface area contributed by atoms with E-state index in [9.17, 15) is 9.59 Å². The van der Waals surface area contributed by atoms with Crippen LogP contribution in [0.5, 0.6) is 0 Å². The smallest absolute Gasteiger partial charge is 0.253 e. The van der Waals surface area contributed by atoms with Crippen LogP contribution in [0, 0.1) is 0 Å². The number of hydrogen-bond donors (Lipinski definition) is 2. The Morgan fingerprint density at radius 3 is 2.83 bits per heavy atom. The number of hydrogen-bond acceptors (Lipinski definition) is 4. The highest BCUT2D eigenvalue weighted by Crippen LogP contribution is 2.15. The van der Waals surface area contributed by atoms with Gasteiger partial charge in [0.15, 0.2) is 0 Å². The third-order valence-corrected chi connectivity index (χ3v) is 3.43. The molecule has 6 nitrogen and oxygen atoms in total. The Bertz CT molecular complexity index is 539. The summed E-state index contributed by atoms with van der Waals surface area (Å²) in [6.07, 6.45) is 2.10. The number of amides is 2. The van der Waals surface area contributed by atoms with E-state index < -0.39 is 0 Å². The molecule has 23 heavy (non-hydrogen) atoms. The molecule has 0 saturated carbocycles. The third kappa shape index (κ3) is 5.65. The standard InChI is InChI=1S/C17H24N2O4/c1-12(2)18-17(21)14-7-3-4-8-15(14)19-16(20)11-22-10-13-6-5-9-23-13/h3-4,7-8,12-13H,5-6,9-11H2,1-2H3,(H,18,21)(H,19,20). The monoisotopic (exact) mass is 320 g/mol. The normalized spacial score (nSPS) is 17.3. The lowest BCUT2D eigenvalue weighted by atomic mass is 10.1. The van der Waals surface area contributed by atoms with Crippen molar-refractivity contribution < 1.29 is 19.1 Å². The molecule has 1 atom stereocenters. The van der Waals surface area contributed by atoms with Crippen LogP contribution >= 0.6 is 0 Å². The van der Waals surface area contributed by atoms with Crippen molar-refractivity contribution in [3.63, 3.8) is 0 Å². The summed E-state index contributed by atoms with van der Waals surface area (Å²) in [4.78, 5) is 24.1. The van der Waals surface area contributed by atoms with Crippen molar-refractivity contribution in [1.82, 2.24) is 5.32 Å². The summed E-state index contributed by atoms with van der Waals surface area (Å²) in [6.45, 7) is 4.90. The van der Waals surface area contributed by atoms with Gasteiger partial charge in [-0.1, -0.05) is 12.1 Å². The molecule has 2 N–H and O–H groups in total. The number of para-hydroxylation sites is 1. The van der Waals surface area contributed by atoms with E-state index in [0.717, 1.165) is 19.4 Å². The van der Waals surface area contributed by atoms with Crippen molar-refractivity contribution in [3.05, 3.63) is 29.8 Å². The van der Waals surface area contributed by atoms with Gasteiger partial charge in [-0.05, 0) is 38.8 Å². The average Bonchev–Trinajstić information content (AvgIpc) is 3.00. The second-order valence-electron chi connectivity index (χ2n) is 5.87. The zero-order valence-electron chi connectivity index (χ0n) is 13.6. The maximum absolute atomic E-state index is 12.1. The van der Waals surface area contributed by atoms with E-state index in [1.807, 2.05) is 13.8 Å². The van der Waals surface area contributed by atoms with E-state index in [0.29, 0.717) is 17.9 Å². The minimum atomic E-state index is -0.284. The molecular weight excluding hydrogens is 296 g/mol. The number of carbonyl (C=O) groups excluding carboxylic acids is 2. The molecule has 0 bridgehead atoms. The molecule has 1 unspecified atom stereocenters. The third-order valence-electron chi connectivity index (χ3n) is 3.43. The molecule has 126 valence electrons. The summed E-state index contributed by atoms with van der Waals surface area (Å²) >= 11 is 0. The van der Waals surface area contributed by atoms with Crippen LogP contribution in [0.15, 0.2) is 24.3 Å². The van der Waals surface area contributed by atoms with Crippen LogP contribution in [0.3, 0.4) is 0 Å². The van der Waals surface area contributed by atoms with Crippen molar-refractivity contribution in [1.29, 1.82) is 0 Å². The van der Waals surface area contributed by atoms with Crippen LogP contribution in [-0.2, 0) is 14.3 Å². The van der Waals surface area contributed by atoms with Crippen LogP contribution < -0.4 is 10.6 Å². The van der Waals surface area contributed by atoms with Gasteiger partial charge < -0.3 is 20.1 Å². The molecule has 1 heterocycles. The van der Waals surface area contributed by atoms with E-state index in [1.165, 1.54) is 0 Å². The fourth-order valence-electron chi connectivity index (χ4n) is 2.38. The van der Waals surface area contributed by atoms with Crippen molar-refractivity contribution in [2.75, 3.05) is 25.1 Å². The van der Waals surface area contributed by atoms with Crippen LogP contribution in [0.4, 0.5) is 5.69 Å². The van der Waals surface area contributed by atoms with Gasteiger partial charge in [0.2, 0.25) is 5.91 Å². The van der Waals surface area contributed by atoms with Crippen molar-refractivity contribution in [2.45, 2.75) is 38.8 Å². The SMILES string of the molecule is CC(C)NC(=O)c1ccccc1NC(=O)COCC1CCCO1. The van der Waals surface area contributed by atoms with Crippen LogP contribution in [0.1, 0.15) is 37.0 Å². The Kier molecular flexibility index (Phi) is 6.55. The molecule has 1 aromatic carbocycles. The molecular formula is C17H24N2O4. The number of ether oxygens (including phenoxy) is 2. The summed E-state index contributed by atoms with van der Waals surface area (Å²) in [5.74, 6) is -0.496. The zero-order chi connectivity index (χ0) is 16.7. The summed E-state index contributed by atoms with van der Waals surface area (Å²) in [6, 6.07) is 6.95. The van der Waals surface area contributed by atoms with Gasteiger partial charge in [0.05, 0.1) is 24.0 Å². The average molecular weight is 320 g/mol. The lowest BCUT2D eigenvalue weighted by Gasteiger charge is -2.14. The quantitative estimate of drug-likeness (QED) is 0.805. The van der Waals surface area contributed by atoms with Gasteiger partial charge in [-0.25, -0.2) is 0 Å².